The minimum Gasteiger partial charge on any atom is -0.466 e. The Hall–Kier alpha value is -1.91. The Morgan fingerprint density at radius 2 is 1.90 bits per heavy atom. The zero-order chi connectivity index (χ0) is 14.8. The zero-order valence-corrected chi connectivity index (χ0v) is 11.7. The number of amides is 1. The fraction of sp³-hybridized carbons (Fsp3) is 0.467. The summed E-state index contributed by atoms with van der Waals surface area (Å²) in [5, 5.41) is 2.74. The minimum atomic E-state index is -0.280. The third kappa shape index (κ3) is 6.87. The maximum atomic E-state index is 12.7. The Balaban J connectivity index is 2.11. The molecule has 1 aromatic rings. The fourth-order valence-corrected chi connectivity index (χ4v) is 1.69. The van der Waals surface area contributed by atoms with Gasteiger partial charge in [0.05, 0.1) is 6.61 Å². The van der Waals surface area contributed by atoms with Crippen LogP contribution in [-0.2, 0) is 20.7 Å². The second-order valence-corrected chi connectivity index (χ2v) is 4.38. The Labute approximate surface area is 118 Å². The number of hydrogen-bond donors (Lipinski definition) is 1. The summed E-state index contributed by atoms with van der Waals surface area (Å²) < 4.78 is 17.5. The van der Waals surface area contributed by atoms with E-state index in [2.05, 4.69) is 5.32 Å². The second kappa shape index (κ2) is 9.07. The normalized spacial score (nSPS) is 10.1. The van der Waals surface area contributed by atoms with Crippen molar-refractivity contribution in [1.82, 2.24) is 5.32 Å². The summed E-state index contributed by atoms with van der Waals surface area (Å²) >= 11 is 0. The van der Waals surface area contributed by atoms with Gasteiger partial charge in [0.15, 0.2) is 0 Å². The van der Waals surface area contributed by atoms with E-state index < -0.39 is 0 Å². The first-order valence-corrected chi connectivity index (χ1v) is 6.78. The van der Waals surface area contributed by atoms with Crippen LogP contribution in [0, 0.1) is 5.82 Å². The summed E-state index contributed by atoms with van der Waals surface area (Å²) in [6.45, 7) is 2.60. The molecule has 4 nitrogen and oxygen atoms in total. The number of ether oxygens (including phenoxy) is 1. The quantitative estimate of drug-likeness (QED) is 0.587. The van der Waals surface area contributed by atoms with Crippen LogP contribution in [0.2, 0.25) is 0 Å². The molecule has 0 spiro atoms. The first-order chi connectivity index (χ1) is 9.61. The molecule has 0 saturated carbocycles. The van der Waals surface area contributed by atoms with E-state index in [0.29, 0.717) is 38.8 Å². The lowest BCUT2D eigenvalue weighted by Gasteiger charge is -2.05. The Morgan fingerprint density at radius 1 is 1.20 bits per heavy atom. The van der Waals surface area contributed by atoms with E-state index in [1.807, 2.05) is 0 Å². The molecule has 0 saturated heterocycles. The molecule has 0 aliphatic rings. The van der Waals surface area contributed by atoms with E-state index in [0.717, 1.165) is 5.56 Å². The van der Waals surface area contributed by atoms with Gasteiger partial charge in [0, 0.05) is 19.4 Å². The van der Waals surface area contributed by atoms with Crippen LogP contribution in [0.5, 0.6) is 0 Å². The predicted molar refractivity (Wildman–Crippen MR) is 73.6 cm³/mol. The van der Waals surface area contributed by atoms with Gasteiger partial charge < -0.3 is 10.1 Å². The molecule has 1 rings (SSSR count). The molecule has 0 radical (unpaired) electrons. The molecule has 1 amide bonds. The van der Waals surface area contributed by atoms with Gasteiger partial charge in [-0.15, -0.1) is 0 Å². The van der Waals surface area contributed by atoms with Crippen LogP contribution in [-0.4, -0.2) is 25.0 Å². The third-order valence-electron chi connectivity index (χ3n) is 2.74. The van der Waals surface area contributed by atoms with Crippen LogP contribution in [0.1, 0.15) is 31.7 Å². The molecule has 20 heavy (non-hydrogen) atoms. The van der Waals surface area contributed by atoms with E-state index in [1.54, 1.807) is 19.1 Å². The zero-order valence-electron chi connectivity index (χ0n) is 11.7. The molecule has 0 bridgehead atoms. The molecule has 0 aromatic heterocycles. The highest BCUT2D eigenvalue weighted by molar-refractivity contribution is 5.76. The number of rotatable bonds is 8. The highest BCUT2D eigenvalue weighted by Gasteiger charge is 2.04. The van der Waals surface area contributed by atoms with Gasteiger partial charge in [-0.05, 0) is 37.5 Å². The van der Waals surface area contributed by atoms with E-state index >= 15 is 0 Å². The van der Waals surface area contributed by atoms with Crippen molar-refractivity contribution >= 4 is 11.9 Å². The van der Waals surface area contributed by atoms with Gasteiger partial charge in [-0.2, -0.15) is 0 Å². The monoisotopic (exact) mass is 281 g/mol. The lowest BCUT2D eigenvalue weighted by atomic mass is 10.1. The minimum absolute atomic E-state index is 0.0711. The number of carbonyl (C=O) groups is 2. The lowest BCUT2D eigenvalue weighted by Crippen LogP contribution is -2.25. The summed E-state index contributed by atoms with van der Waals surface area (Å²) in [5.74, 6) is -0.594. The summed E-state index contributed by atoms with van der Waals surface area (Å²) in [4.78, 5) is 22.6. The molecular formula is C15H20FNO3. The standard InChI is InChI=1S/C15H20FNO3/c1-2-20-15(19)4-3-11-17-14(18)10-7-12-5-8-13(16)9-6-12/h5-6,8-9H,2-4,7,10-11H2,1H3,(H,17,18). The second-order valence-electron chi connectivity index (χ2n) is 4.38. The first kappa shape index (κ1) is 16.1. The third-order valence-corrected chi connectivity index (χ3v) is 2.74. The number of hydrogen-bond acceptors (Lipinski definition) is 3. The fourth-order valence-electron chi connectivity index (χ4n) is 1.69. The van der Waals surface area contributed by atoms with Gasteiger partial charge >= 0.3 is 5.97 Å². The maximum absolute atomic E-state index is 12.7. The summed E-state index contributed by atoms with van der Waals surface area (Å²) in [6.07, 6.45) is 1.81. The van der Waals surface area contributed by atoms with Crippen molar-refractivity contribution in [1.29, 1.82) is 0 Å². The maximum Gasteiger partial charge on any atom is 0.305 e. The number of carbonyl (C=O) groups excluding carboxylic acids is 2. The topological polar surface area (TPSA) is 55.4 Å². The molecule has 1 aromatic carbocycles. The Morgan fingerprint density at radius 3 is 2.55 bits per heavy atom. The average Bonchev–Trinajstić information content (AvgIpc) is 2.43. The van der Waals surface area contributed by atoms with Crippen molar-refractivity contribution in [3.05, 3.63) is 35.6 Å². The van der Waals surface area contributed by atoms with Gasteiger partial charge in [-0.3, -0.25) is 9.59 Å². The highest BCUT2D eigenvalue weighted by atomic mass is 19.1. The van der Waals surface area contributed by atoms with Crippen LogP contribution < -0.4 is 5.32 Å². The number of nitrogens with one attached hydrogen (secondary N) is 1. The van der Waals surface area contributed by atoms with Crippen molar-refractivity contribution in [3.63, 3.8) is 0 Å². The molecular weight excluding hydrogens is 261 g/mol. The Kier molecular flexibility index (Phi) is 7.32. The summed E-state index contributed by atoms with van der Waals surface area (Å²) in [7, 11) is 0. The smallest absolute Gasteiger partial charge is 0.305 e. The van der Waals surface area contributed by atoms with Crippen LogP contribution in [0.15, 0.2) is 24.3 Å². The average molecular weight is 281 g/mol. The van der Waals surface area contributed by atoms with Crippen LogP contribution in [0.4, 0.5) is 4.39 Å². The van der Waals surface area contributed by atoms with E-state index in [1.165, 1.54) is 12.1 Å². The molecule has 1 N–H and O–H groups in total. The van der Waals surface area contributed by atoms with Crippen LogP contribution in [0.3, 0.4) is 0 Å². The number of halogens is 1. The van der Waals surface area contributed by atoms with Crippen LogP contribution in [0.25, 0.3) is 0 Å². The Bertz CT molecular complexity index is 431. The molecule has 0 unspecified atom stereocenters. The lowest BCUT2D eigenvalue weighted by molar-refractivity contribution is -0.143. The van der Waals surface area contributed by atoms with Crippen LogP contribution >= 0.6 is 0 Å². The van der Waals surface area contributed by atoms with E-state index in [4.69, 9.17) is 4.74 Å². The van der Waals surface area contributed by atoms with Crippen molar-refractivity contribution in [2.24, 2.45) is 0 Å². The van der Waals surface area contributed by atoms with Crippen molar-refractivity contribution in [3.8, 4) is 0 Å². The molecule has 110 valence electrons. The summed E-state index contributed by atoms with van der Waals surface area (Å²) in [6, 6.07) is 6.10. The highest BCUT2D eigenvalue weighted by Crippen LogP contribution is 2.05. The largest absolute Gasteiger partial charge is 0.466 e. The number of aryl methyl sites for hydroxylation is 1. The SMILES string of the molecule is CCOC(=O)CCCNC(=O)CCc1ccc(F)cc1. The number of esters is 1. The molecule has 0 heterocycles. The molecule has 0 aliphatic carbocycles. The molecule has 0 atom stereocenters. The van der Waals surface area contributed by atoms with Crippen molar-refractivity contribution < 1.29 is 18.7 Å². The molecule has 0 aliphatic heterocycles. The van der Waals surface area contributed by atoms with Gasteiger partial charge in [0.2, 0.25) is 5.91 Å². The van der Waals surface area contributed by atoms with Gasteiger partial charge in [0.1, 0.15) is 5.82 Å². The summed E-state index contributed by atoms with van der Waals surface area (Å²) in [5.41, 5.74) is 0.924. The molecule has 5 heteroatoms. The van der Waals surface area contributed by atoms with Gasteiger partial charge in [0.25, 0.3) is 0 Å². The van der Waals surface area contributed by atoms with Crippen molar-refractivity contribution in [2.75, 3.05) is 13.2 Å². The first-order valence-electron chi connectivity index (χ1n) is 6.78. The van der Waals surface area contributed by atoms with Crippen molar-refractivity contribution in [2.45, 2.75) is 32.6 Å². The molecule has 0 fully saturated rings. The van der Waals surface area contributed by atoms with E-state index in [9.17, 15) is 14.0 Å². The van der Waals surface area contributed by atoms with Gasteiger partial charge in [-0.1, -0.05) is 12.1 Å². The van der Waals surface area contributed by atoms with Gasteiger partial charge in [-0.25, -0.2) is 4.39 Å². The van der Waals surface area contributed by atoms with E-state index in [-0.39, 0.29) is 17.7 Å². The number of benzene rings is 1. The predicted octanol–water partition coefficient (Wildman–Crippen LogP) is 2.22.